The lowest BCUT2D eigenvalue weighted by Crippen LogP contribution is -2.56. The fourth-order valence-electron chi connectivity index (χ4n) is 3.00. The molecule has 0 spiro atoms. The van der Waals surface area contributed by atoms with Crippen LogP contribution in [0.2, 0.25) is 0 Å². The maximum atomic E-state index is 12.8. The van der Waals surface area contributed by atoms with E-state index in [-0.39, 0.29) is 24.6 Å². The fraction of sp³-hybridized carbons (Fsp3) is 0.412. The number of carbonyl (C=O) groups excluding carboxylic acids is 2. The molecule has 3 rings (SSSR count). The molecule has 1 unspecified atom stereocenters. The monoisotopic (exact) mass is 316 g/mol. The third-order valence-corrected chi connectivity index (χ3v) is 4.32. The van der Waals surface area contributed by atoms with E-state index >= 15 is 0 Å². The van der Waals surface area contributed by atoms with Crippen LogP contribution in [0, 0.1) is 0 Å². The average Bonchev–Trinajstić information content (AvgIpc) is 3.07. The van der Waals surface area contributed by atoms with Gasteiger partial charge in [0, 0.05) is 31.2 Å². The highest BCUT2D eigenvalue weighted by atomic mass is 16.7. The molecule has 2 aliphatic rings. The maximum Gasteiger partial charge on any atom is 0.254 e. The van der Waals surface area contributed by atoms with Crippen LogP contribution in [0.4, 0.5) is 0 Å². The van der Waals surface area contributed by atoms with E-state index in [0.29, 0.717) is 36.7 Å². The molecule has 0 saturated carbocycles. The molecule has 1 saturated heterocycles. The van der Waals surface area contributed by atoms with Crippen molar-refractivity contribution in [2.45, 2.75) is 19.4 Å². The molecule has 0 radical (unpaired) electrons. The van der Waals surface area contributed by atoms with E-state index in [9.17, 15) is 9.59 Å². The van der Waals surface area contributed by atoms with Crippen LogP contribution in [-0.2, 0) is 4.79 Å². The van der Waals surface area contributed by atoms with E-state index in [4.69, 9.17) is 9.47 Å². The number of hydrogen-bond acceptors (Lipinski definition) is 4. The van der Waals surface area contributed by atoms with Crippen LogP contribution in [0.5, 0.6) is 11.5 Å². The van der Waals surface area contributed by atoms with Crippen molar-refractivity contribution in [2.75, 3.05) is 26.4 Å². The molecule has 6 nitrogen and oxygen atoms in total. The lowest BCUT2D eigenvalue weighted by molar-refractivity contribution is -0.128. The Hall–Kier alpha value is -2.50. The third kappa shape index (κ3) is 2.88. The van der Waals surface area contributed by atoms with Crippen molar-refractivity contribution < 1.29 is 19.1 Å². The van der Waals surface area contributed by atoms with Crippen LogP contribution >= 0.6 is 0 Å². The van der Waals surface area contributed by atoms with Crippen molar-refractivity contribution in [2.24, 2.45) is 0 Å². The standard InChI is InChI=1S/C17H20N2O4/c1-3-13-10-18(16(20)4-2)7-8-19(13)17(21)12-5-6-14-15(9-12)23-11-22-14/h4-6,9,13H,2-3,7-8,10-11H2,1H3. The highest BCUT2D eigenvalue weighted by Crippen LogP contribution is 2.33. The predicted octanol–water partition coefficient (Wildman–Crippen LogP) is 1.66. The van der Waals surface area contributed by atoms with Gasteiger partial charge in [0.2, 0.25) is 12.7 Å². The number of nitrogens with zero attached hydrogens (tertiary/aromatic N) is 2. The molecule has 1 atom stereocenters. The zero-order valence-electron chi connectivity index (χ0n) is 13.2. The largest absolute Gasteiger partial charge is 0.454 e. The number of piperazine rings is 1. The van der Waals surface area contributed by atoms with Crippen molar-refractivity contribution in [3.63, 3.8) is 0 Å². The normalized spacial score (nSPS) is 19.6. The molecule has 0 N–H and O–H groups in total. The summed E-state index contributed by atoms with van der Waals surface area (Å²) < 4.78 is 10.6. The van der Waals surface area contributed by atoms with Crippen LogP contribution in [0.1, 0.15) is 23.7 Å². The number of ether oxygens (including phenoxy) is 2. The lowest BCUT2D eigenvalue weighted by atomic mass is 10.1. The zero-order valence-corrected chi connectivity index (χ0v) is 13.2. The highest BCUT2D eigenvalue weighted by molar-refractivity contribution is 5.95. The first kappa shape index (κ1) is 15.4. The van der Waals surface area contributed by atoms with Gasteiger partial charge in [-0.25, -0.2) is 0 Å². The molecule has 0 aliphatic carbocycles. The molecular formula is C17H20N2O4. The Morgan fingerprint density at radius 3 is 2.83 bits per heavy atom. The van der Waals surface area contributed by atoms with Crippen molar-refractivity contribution in [1.29, 1.82) is 0 Å². The van der Waals surface area contributed by atoms with E-state index in [1.54, 1.807) is 23.1 Å². The maximum absolute atomic E-state index is 12.8. The summed E-state index contributed by atoms with van der Waals surface area (Å²) in [5.41, 5.74) is 0.580. The number of fused-ring (bicyclic) bond motifs is 1. The first-order valence-corrected chi connectivity index (χ1v) is 7.76. The number of rotatable bonds is 3. The Morgan fingerprint density at radius 1 is 1.30 bits per heavy atom. The minimum Gasteiger partial charge on any atom is -0.454 e. The summed E-state index contributed by atoms with van der Waals surface area (Å²) in [4.78, 5) is 28.2. The van der Waals surface area contributed by atoms with Crippen molar-refractivity contribution in [1.82, 2.24) is 9.80 Å². The Labute approximate surface area is 135 Å². The van der Waals surface area contributed by atoms with E-state index in [2.05, 4.69) is 6.58 Å². The van der Waals surface area contributed by atoms with Crippen molar-refractivity contribution >= 4 is 11.8 Å². The summed E-state index contributed by atoms with van der Waals surface area (Å²) >= 11 is 0. The third-order valence-electron chi connectivity index (χ3n) is 4.32. The number of hydrogen-bond donors (Lipinski definition) is 0. The Bertz CT molecular complexity index is 643. The molecule has 0 bridgehead atoms. The van der Waals surface area contributed by atoms with Gasteiger partial charge in [-0.3, -0.25) is 9.59 Å². The minimum atomic E-state index is -0.0846. The van der Waals surface area contributed by atoms with Crippen LogP contribution in [-0.4, -0.2) is 54.1 Å². The van der Waals surface area contributed by atoms with Crippen LogP contribution in [0.15, 0.2) is 30.9 Å². The molecule has 2 heterocycles. The first-order valence-electron chi connectivity index (χ1n) is 7.76. The van der Waals surface area contributed by atoms with Crippen molar-refractivity contribution in [3.8, 4) is 11.5 Å². The molecule has 2 aliphatic heterocycles. The SMILES string of the molecule is C=CC(=O)N1CCN(C(=O)c2ccc3c(c2)OCO3)C(CC)C1. The van der Waals surface area contributed by atoms with Gasteiger partial charge in [-0.15, -0.1) is 0 Å². The second-order valence-corrected chi connectivity index (χ2v) is 5.62. The Morgan fingerprint density at radius 2 is 2.09 bits per heavy atom. The van der Waals surface area contributed by atoms with Crippen molar-refractivity contribution in [3.05, 3.63) is 36.4 Å². The summed E-state index contributed by atoms with van der Waals surface area (Å²) in [6.07, 6.45) is 2.11. The van der Waals surface area contributed by atoms with Gasteiger partial charge in [-0.05, 0) is 30.7 Å². The van der Waals surface area contributed by atoms with Gasteiger partial charge in [-0.2, -0.15) is 0 Å². The predicted molar refractivity (Wildman–Crippen MR) is 84.5 cm³/mol. The molecule has 2 amide bonds. The van der Waals surface area contributed by atoms with Crippen LogP contribution in [0.25, 0.3) is 0 Å². The molecule has 1 aromatic rings. The molecule has 1 aromatic carbocycles. The number of amides is 2. The van der Waals surface area contributed by atoms with Gasteiger partial charge >= 0.3 is 0 Å². The lowest BCUT2D eigenvalue weighted by Gasteiger charge is -2.41. The number of carbonyl (C=O) groups is 2. The highest BCUT2D eigenvalue weighted by Gasteiger charge is 2.31. The summed E-state index contributed by atoms with van der Waals surface area (Å²) in [7, 11) is 0. The Balaban J connectivity index is 1.76. The molecule has 0 aromatic heterocycles. The first-order chi connectivity index (χ1) is 11.1. The molecule has 122 valence electrons. The summed E-state index contributed by atoms with van der Waals surface area (Å²) in [5, 5.41) is 0. The van der Waals surface area contributed by atoms with Gasteiger partial charge in [0.05, 0.1) is 0 Å². The van der Waals surface area contributed by atoms with E-state index in [1.807, 2.05) is 11.8 Å². The summed E-state index contributed by atoms with van der Waals surface area (Å²) in [6, 6.07) is 5.24. The Kier molecular flexibility index (Phi) is 4.23. The summed E-state index contributed by atoms with van der Waals surface area (Å²) in [6.45, 7) is 7.32. The number of benzene rings is 1. The quantitative estimate of drug-likeness (QED) is 0.796. The van der Waals surface area contributed by atoms with Crippen LogP contribution in [0.3, 0.4) is 0 Å². The van der Waals surface area contributed by atoms with Gasteiger partial charge in [-0.1, -0.05) is 13.5 Å². The smallest absolute Gasteiger partial charge is 0.254 e. The molecular weight excluding hydrogens is 296 g/mol. The van der Waals surface area contributed by atoms with E-state index in [1.165, 1.54) is 6.08 Å². The van der Waals surface area contributed by atoms with Gasteiger partial charge in [0.25, 0.3) is 5.91 Å². The average molecular weight is 316 g/mol. The van der Waals surface area contributed by atoms with E-state index < -0.39 is 0 Å². The minimum absolute atomic E-state index is 0.00516. The molecule has 23 heavy (non-hydrogen) atoms. The summed E-state index contributed by atoms with van der Waals surface area (Å²) in [5.74, 6) is 1.14. The zero-order chi connectivity index (χ0) is 16.4. The second-order valence-electron chi connectivity index (χ2n) is 5.62. The van der Waals surface area contributed by atoms with Gasteiger partial charge in [0.15, 0.2) is 11.5 Å². The fourth-order valence-corrected chi connectivity index (χ4v) is 3.00. The molecule has 6 heteroatoms. The topological polar surface area (TPSA) is 59.1 Å². The molecule has 1 fully saturated rings. The van der Waals surface area contributed by atoms with Gasteiger partial charge < -0.3 is 19.3 Å². The van der Waals surface area contributed by atoms with Gasteiger partial charge in [0.1, 0.15) is 0 Å². The van der Waals surface area contributed by atoms with E-state index in [0.717, 1.165) is 6.42 Å². The van der Waals surface area contributed by atoms with Crippen LogP contribution < -0.4 is 9.47 Å². The second kappa shape index (κ2) is 6.32.